The van der Waals surface area contributed by atoms with Crippen molar-refractivity contribution in [3.8, 4) is 0 Å². The Kier molecular flexibility index (Phi) is 5.25. The first-order chi connectivity index (χ1) is 9.10. The summed E-state index contributed by atoms with van der Waals surface area (Å²) in [6, 6.07) is 5.38. The molecule has 104 valence electrons. The zero-order chi connectivity index (χ0) is 13.8. The second-order valence-electron chi connectivity index (χ2n) is 5.07. The molecule has 0 aromatic heterocycles. The van der Waals surface area contributed by atoms with E-state index in [1.165, 1.54) is 0 Å². The fraction of sp³-hybridized carbons (Fsp3) is 0.500. The summed E-state index contributed by atoms with van der Waals surface area (Å²) < 4.78 is 0.848. The van der Waals surface area contributed by atoms with Crippen LogP contribution in [0, 0.1) is 11.8 Å². The van der Waals surface area contributed by atoms with Gasteiger partial charge in [-0.25, -0.2) is 0 Å². The maximum Gasteiger partial charge on any atom is 0.227 e. The van der Waals surface area contributed by atoms with Crippen LogP contribution in [0.3, 0.4) is 0 Å². The van der Waals surface area contributed by atoms with Crippen molar-refractivity contribution in [2.75, 3.05) is 11.9 Å². The highest BCUT2D eigenvalue weighted by molar-refractivity contribution is 9.10. The molecule has 1 fully saturated rings. The number of rotatable bonds is 3. The number of nitrogens with one attached hydrogen (secondary N) is 1. The lowest BCUT2D eigenvalue weighted by Crippen LogP contribution is -2.29. The third-order valence-electron chi connectivity index (χ3n) is 3.74. The Morgan fingerprint density at radius 1 is 1.37 bits per heavy atom. The second-order valence-corrected chi connectivity index (χ2v) is 6.36. The van der Waals surface area contributed by atoms with Crippen LogP contribution in [0.1, 0.15) is 25.7 Å². The van der Waals surface area contributed by atoms with E-state index in [0.717, 1.165) is 42.4 Å². The quantitative estimate of drug-likeness (QED) is 0.875. The molecule has 1 saturated carbocycles. The lowest BCUT2D eigenvalue weighted by Gasteiger charge is -2.26. The van der Waals surface area contributed by atoms with Crippen LogP contribution in [0.15, 0.2) is 22.7 Å². The Hall–Kier alpha value is -0.580. The van der Waals surface area contributed by atoms with Gasteiger partial charge in [-0.05, 0) is 72.3 Å². The second kappa shape index (κ2) is 6.73. The summed E-state index contributed by atoms with van der Waals surface area (Å²) in [5.41, 5.74) is 6.40. The average molecular weight is 346 g/mol. The molecule has 1 aromatic rings. The highest BCUT2D eigenvalue weighted by Gasteiger charge is 2.25. The first kappa shape index (κ1) is 14.8. The predicted octanol–water partition coefficient (Wildman–Crippen LogP) is 3.81. The summed E-state index contributed by atoms with van der Waals surface area (Å²) >= 11 is 9.35. The fourth-order valence-electron chi connectivity index (χ4n) is 2.49. The van der Waals surface area contributed by atoms with Crippen molar-refractivity contribution in [1.29, 1.82) is 0 Å². The van der Waals surface area contributed by atoms with E-state index in [2.05, 4.69) is 21.2 Å². The zero-order valence-electron chi connectivity index (χ0n) is 10.7. The van der Waals surface area contributed by atoms with E-state index in [1.54, 1.807) is 12.1 Å². The molecular weight excluding hydrogens is 328 g/mol. The smallest absolute Gasteiger partial charge is 0.227 e. The first-order valence-corrected chi connectivity index (χ1v) is 7.73. The number of hydrogen-bond donors (Lipinski definition) is 2. The van der Waals surface area contributed by atoms with E-state index in [0.29, 0.717) is 10.9 Å². The van der Waals surface area contributed by atoms with Gasteiger partial charge in [0.2, 0.25) is 5.91 Å². The summed E-state index contributed by atoms with van der Waals surface area (Å²) in [6.07, 6.45) is 3.94. The minimum atomic E-state index is 0.0819. The highest BCUT2D eigenvalue weighted by atomic mass is 79.9. The van der Waals surface area contributed by atoms with Crippen LogP contribution >= 0.6 is 27.5 Å². The van der Waals surface area contributed by atoms with Crippen molar-refractivity contribution in [3.05, 3.63) is 27.7 Å². The first-order valence-electron chi connectivity index (χ1n) is 6.56. The van der Waals surface area contributed by atoms with Crippen LogP contribution in [0.5, 0.6) is 0 Å². The number of hydrogen-bond acceptors (Lipinski definition) is 2. The molecule has 0 radical (unpaired) electrons. The van der Waals surface area contributed by atoms with Gasteiger partial charge in [-0.15, -0.1) is 0 Å². The minimum Gasteiger partial charge on any atom is -0.330 e. The molecule has 5 heteroatoms. The summed E-state index contributed by atoms with van der Waals surface area (Å²) in [7, 11) is 0. The number of anilines is 1. The number of benzene rings is 1. The molecule has 1 aliphatic carbocycles. The van der Waals surface area contributed by atoms with E-state index < -0.39 is 0 Å². The normalized spacial score (nSPS) is 23.1. The predicted molar refractivity (Wildman–Crippen MR) is 82.3 cm³/mol. The lowest BCUT2D eigenvalue weighted by atomic mass is 9.81. The number of nitrogens with two attached hydrogens (primary N) is 1. The van der Waals surface area contributed by atoms with Gasteiger partial charge >= 0.3 is 0 Å². The van der Waals surface area contributed by atoms with Gasteiger partial charge in [-0.3, -0.25) is 4.79 Å². The molecule has 0 atom stereocenters. The molecule has 3 nitrogen and oxygen atoms in total. The van der Waals surface area contributed by atoms with Crippen molar-refractivity contribution in [2.24, 2.45) is 17.6 Å². The van der Waals surface area contributed by atoms with Gasteiger partial charge in [-0.1, -0.05) is 11.6 Å². The van der Waals surface area contributed by atoms with Crippen LogP contribution in [-0.2, 0) is 4.79 Å². The number of halogens is 2. The van der Waals surface area contributed by atoms with Crippen LogP contribution in [0.4, 0.5) is 5.69 Å². The fourth-order valence-corrected chi connectivity index (χ4v) is 3.01. The Labute approximate surface area is 127 Å². The molecule has 1 aliphatic rings. The maximum atomic E-state index is 12.2. The number of carbonyl (C=O) groups is 1. The van der Waals surface area contributed by atoms with Crippen LogP contribution in [0.25, 0.3) is 0 Å². The van der Waals surface area contributed by atoms with Crippen molar-refractivity contribution in [2.45, 2.75) is 25.7 Å². The van der Waals surface area contributed by atoms with Crippen LogP contribution in [0.2, 0.25) is 5.02 Å². The molecular formula is C14H18BrClN2O. The number of carbonyl (C=O) groups excluding carboxylic acids is 1. The van der Waals surface area contributed by atoms with E-state index in [1.807, 2.05) is 6.07 Å². The third-order valence-corrected chi connectivity index (χ3v) is 4.66. The average Bonchev–Trinajstić information content (AvgIpc) is 2.43. The van der Waals surface area contributed by atoms with E-state index >= 15 is 0 Å². The largest absolute Gasteiger partial charge is 0.330 e. The topological polar surface area (TPSA) is 55.1 Å². The van der Waals surface area contributed by atoms with E-state index in [9.17, 15) is 4.79 Å². The molecule has 0 spiro atoms. The van der Waals surface area contributed by atoms with Gasteiger partial charge in [0.15, 0.2) is 0 Å². The maximum absolute atomic E-state index is 12.2. The standard InChI is InChI=1S/C14H18BrClN2O/c15-12-6-5-11(16)7-13(12)18-14(19)10-3-1-9(8-17)2-4-10/h5-7,9-10H,1-4,8,17H2,(H,18,19). The van der Waals surface area contributed by atoms with Gasteiger partial charge in [0.25, 0.3) is 0 Å². The molecule has 0 heterocycles. The Bertz CT molecular complexity index is 459. The lowest BCUT2D eigenvalue weighted by molar-refractivity contribution is -0.121. The van der Waals surface area contributed by atoms with Gasteiger partial charge in [0, 0.05) is 15.4 Å². The molecule has 0 saturated heterocycles. The third kappa shape index (κ3) is 3.94. The highest BCUT2D eigenvalue weighted by Crippen LogP contribution is 2.31. The van der Waals surface area contributed by atoms with Crippen LogP contribution in [-0.4, -0.2) is 12.5 Å². The molecule has 1 aromatic carbocycles. The van der Waals surface area contributed by atoms with Crippen molar-refractivity contribution in [1.82, 2.24) is 0 Å². The molecule has 0 unspecified atom stereocenters. The molecule has 0 bridgehead atoms. The van der Waals surface area contributed by atoms with Crippen molar-refractivity contribution >= 4 is 39.1 Å². The molecule has 19 heavy (non-hydrogen) atoms. The summed E-state index contributed by atoms with van der Waals surface area (Å²) in [4.78, 5) is 12.2. The van der Waals surface area contributed by atoms with E-state index in [-0.39, 0.29) is 11.8 Å². The van der Waals surface area contributed by atoms with Gasteiger partial charge in [0.05, 0.1) is 5.69 Å². The summed E-state index contributed by atoms with van der Waals surface area (Å²) in [5, 5.41) is 3.57. The molecule has 1 amide bonds. The van der Waals surface area contributed by atoms with Gasteiger partial charge < -0.3 is 11.1 Å². The Morgan fingerprint density at radius 3 is 2.68 bits per heavy atom. The van der Waals surface area contributed by atoms with Gasteiger partial charge in [0.1, 0.15) is 0 Å². The molecule has 2 rings (SSSR count). The van der Waals surface area contributed by atoms with E-state index in [4.69, 9.17) is 17.3 Å². The van der Waals surface area contributed by atoms with Gasteiger partial charge in [-0.2, -0.15) is 0 Å². The van der Waals surface area contributed by atoms with Crippen LogP contribution < -0.4 is 11.1 Å². The molecule has 3 N–H and O–H groups in total. The molecule has 0 aliphatic heterocycles. The van der Waals surface area contributed by atoms with Crippen molar-refractivity contribution in [3.63, 3.8) is 0 Å². The summed E-state index contributed by atoms with van der Waals surface area (Å²) in [5.74, 6) is 0.758. The minimum absolute atomic E-state index is 0.0819. The zero-order valence-corrected chi connectivity index (χ0v) is 13.0. The SMILES string of the molecule is NCC1CCC(C(=O)Nc2cc(Cl)ccc2Br)CC1. The Morgan fingerprint density at radius 2 is 2.05 bits per heavy atom. The number of amides is 1. The monoisotopic (exact) mass is 344 g/mol. The Balaban J connectivity index is 1.96. The summed E-state index contributed by atoms with van der Waals surface area (Å²) in [6.45, 7) is 0.730. The van der Waals surface area contributed by atoms with Crippen molar-refractivity contribution < 1.29 is 4.79 Å².